The number of nitrogens with zero attached hydrogens (tertiary/aromatic N) is 5. The number of piperidine rings is 1. The van der Waals surface area contributed by atoms with Crippen molar-refractivity contribution in [1.29, 1.82) is 0 Å². The second-order valence-corrected chi connectivity index (χ2v) is 5.99. The van der Waals surface area contributed by atoms with Crippen molar-refractivity contribution in [3.8, 4) is 0 Å². The van der Waals surface area contributed by atoms with E-state index in [1.54, 1.807) is 29.3 Å². The molecule has 7 nitrogen and oxygen atoms in total. The van der Waals surface area contributed by atoms with E-state index in [4.69, 9.17) is 0 Å². The number of carboxylic acid groups (broad SMARTS) is 1. The Bertz CT molecular complexity index is 870. The molecule has 0 saturated carbocycles. The van der Waals surface area contributed by atoms with Gasteiger partial charge in [-0.2, -0.15) is 5.10 Å². The maximum Gasteiger partial charge on any atom is 0.331 e. The number of fused-ring (bicyclic) bond motifs is 1. The number of anilines is 1. The number of hydrogen-bond donors (Lipinski definition) is 1. The van der Waals surface area contributed by atoms with Gasteiger partial charge >= 0.3 is 5.97 Å². The Morgan fingerprint density at radius 2 is 1.88 bits per heavy atom. The fraction of sp³-hybridized carbons (Fsp3) is 0.294. The molecule has 4 rings (SSSR count). The van der Waals surface area contributed by atoms with Crippen molar-refractivity contribution in [1.82, 2.24) is 19.7 Å². The molecule has 2 aromatic heterocycles. The van der Waals surface area contributed by atoms with Crippen LogP contribution in [-0.2, 0) is 10.3 Å². The summed E-state index contributed by atoms with van der Waals surface area (Å²) in [7, 11) is 0. The average molecular weight is 323 g/mol. The summed E-state index contributed by atoms with van der Waals surface area (Å²) in [4.78, 5) is 23.1. The van der Waals surface area contributed by atoms with E-state index in [9.17, 15) is 9.90 Å². The molecule has 1 aliphatic heterocycles. The molecule has 1 saturated heterocycles. The molecular formula is C17H17N5O2. The van der Waals surface area contributed by atoms with E-state index >= 15 is 0 Å². The summed E-state index contributed by atoms with van der Waals surface area (Å²) in [6.45, 7) is 1.19. The number of benzene rings is 1. The topological polar surface area (TPSA) is 84.1 Å². The normalized spacial score (nSPS) is 17.1. The highest BCUT2D eigenvalue weighted by Crippen LogP contribution is 2.32. The van der Waals surface area contributed by atoms with Crippen molar-refractivity contribution in [3.63, 3.8) is 0 Å². The SMILES string of the molecule is O=C(O)C1(n2cccn2)CCN(c2cnc3ccccc3n2)CC1. The molecule has 0 unspecified atom stereocenters. The minimum atomic E-state index is -0.982. The van der Waals surface area contributed by atoms with Crippen LogP contribution in [0.3, 0.4) is 0 Å². The van der Waals surface area contributed by atoms with E-state index in [1.807, 2.05) is 24.3 Å². The van der Waals surface area contributed by atoms with Gasteiger partial charge in [-0.1, -0.05) is 12.1 Å². The number of carboxylic acids is 1. The van der Waals surface area contributed by atoms with Gasteiger partial charge in [-0.25, -0.2) is 9.78 Å². The first-order valence-electron chi connectivity index (χ1n) is 7.89. The van der Waals surface area contributed by atoms with E-state index in [0.29, 0.717) is 25.9 Å². The lowest BCUT2D eigenvalue weighted by Gasteiger charge is -2.39. The lowest BCUT2D eigenvalue weighted by atomic mass is 9.87. The first-order chi connectivity index (χ1) is 11.7. The molecule has 3 heterocycles. The molecule has 1 fully saturated rings. The zero-order valence-electron chi connectivity index (χ0n) is 13.0. The van der Waals surface area contributed by atoms with Crippen LogP contribution in [0.25, 0.3) is 11.0 Å². The van der Waals surface area contributed by atoms with Gasteiger partial charge in [-0.15, -0.1) is 0 Å². The van der Waals surface area contributed by atoms with Gasteiger partial charge in [0.15, 0.2) is 5.54 Å². The summed E-state index contributed by atoms with van der Waals surface area (Å²) in [5.74, 6) is -0.0522. The molecule has 3 aromatic rings. The van der Waals surface area contributed by atoms with Crippen LogP contribution in [0.15, 0.2) is 48.9 Å². The van der Waals surface area contributed by atoms with E-state index < -0.39 is 11.5 Å². The highest BCUT2D eigenvalue weighted by Gasteiger charge is 2.44. The number of para-hydroxylation sites is 2. The van der Waals surface area contributed by atoms with Crippen LogP contribution in [0.5, 0.6) is 0 Å². The molecule has 1 aliphatic rings. The van der Waals surface area contributed by atoms with Gasteiger partial charge in [0.05, 0.1) is 17.2 Å². The third kappa shape index (κ3) is 2.29. The zero-order valence-corrected chi connectivity index (χ0v) is 13.0. The Kier molecular flexibility index (Phi) is 3.41. The summed E-state index contributed by atoms with van der Waals surface area (Å²) < 4.78 is 1.57. The second-order valence-electron chi connectivity index (χ2n) is 5.99. The summed E-state index contributed by atoms with van der Waals surface area (Å²) >= 11 is 0. The fourth-order valence-electron chi connectivity index (χ4n) is 3.27. The van der Waals surface area contributed by atoms with E-state index in [-0.39, 0.29) is 0 Å². The zero-order chi connectivity index (χ0) is 16.6. The van der Waals surface area contributed by atoms with Crippen LogP contribution in [0.1, 0.15) is 12.8 Å². The van der Waals surface area contributed by atoms with E-state index in [1.165, 1.54) is 0 Å². The predicted molar refractivity (Wildman–Crippen MR) is 88.8 cm³/mol. The molecule has 1 aromatic carbocycles. The van der Waals surface area contributed by atoms with Crippen LogP contribution in [0, 0.1) is 0 Å². The fourth-order valence-corrected chi connectivity index (χ4v) is 3.27. The van der Waals surface area contributed by atoms with Gasteiger partial charge in [0.1, 0.15) is 5.82 Å². The number of rotatable bonds is 3. The molecule has 0 aliphatic carbocycles. The summed E-state index contributed by atoms with van der Waals surface area (Å²) in [6.07, 6.45) is 6.03. The Hall–Kier alpha value is -2.96. The molecule has 7 heteroatoms. The standard InChI is InChI=1S/C17H17N5O2/c23-16(24)17(22-9-3-8-19-22)6-10-21(11-7-17)15-12-18-13-4-1-2-5-14(13)20-15/h1-5,8-9,12H,6-7,10-11H2,(H,23,24). The third-order valence-corrected chi connectivity index (χ3v) is 4.69. The van der Waals surface area contributed by atoms with Crippen LogP contribution in [-0.4, -0.2) is 43.9 Å². The first-order valence-corrected chi connectivity index (χ1v) is 7.89. The van der Waals surface area contributed by atoms with Gasteiger partial charge < -0.3 is 10.0 Å². The minimum Gasteiger partial charge on any atom is -0.479 e. The van der Waals surface area contributed by atoms with Crippen molar-refractivity contribution in [3.05, 3.63) is 48.9 Å². The number of carbonyl (C=O) groups is 1. The molecule has 24 heavy (non-hydrogen) atoms. The smallest absolute Gasteiger partial charge is 0.331 e. The van der Waals surface area contributed by atoms with Crippen LogP contribution >= 0.6 is 0 Å². The highest BCUT2D eigenvalue weighted by atomic mass is 16.4. The van der Waals surface area contributed by atoms with Gasteiger partial charge in [0.2, 0.25) is 0 Å². The molecule has 0 atom stereocenters. The first kappa shape index (κ1) is 14.6. The quantitative estimate of drug-likeness (QED) is 0.792. The molecule has 1 N–H and O–H groups in total. The summed E-state index contributed by atoms with van der Waals surface area (Å²) in [5, 5.41) is 13.9. The lowest BCUT2D eigenvalue weighted by Crippen LogP contribution is -2.51. The lowest BCUT2D eigenvalue weighted by molar-refractivity contribution is -0.149. The summed E-state index contributed by atoms with van der Waals surface area (Å²) in [5.41, 5.74) is 0.719. The van der Waals surface area contributed by atoms with E-state index in [0.717, 1.165) is 16.9 Å². The van der Waals surface area contributed by atoms with Gasteiger partial charge in [0.25, 0.3) is 0 Å². The monoisotopic (exact) mass is 323 g/mol. The number of hydrogen-bond acceptors (Lipinski definition) is 5. The van der Waals surface area contributed by atoms with Crippen LogP contribution in [0.4, 0.5) is 5.82 Å². The van der Waals surface area contributed by atoms with Crippen molar-refractivity contribution >= 4 is 22.8 Å². The van der Waals surface area contributed by atoms with Gasteiger partial charge in [0, 0.05) is 38.3 Å². The number of aromatic nitrogens is 4. The molecule has 0 radical (unpaired) electrons. The highest BCUT2D eigenvalue weighted by molar-refractivity contribution is 5.78. The average Bonchev–Trinajstić information content (AvgIpc) is 3.16. The molecule has 0 spiro atoms. The Morgan fingerprint density at radius 3 is 2.54 bits per heavy atom. The number of aliphatic carboxylic acids is 1. The minimum absolute atomic E-state index is 0.471. The predicted octanol–water partition coefficient (Wildman–Crippen LogP) is 1.91. The molecule has 0 amide bonds. The molecule has 122 valence electrons. The Morgan fingerprint density at radius 1 is 1.12 bits per heavy atom. The Labute approximate surface area is 138 Å². The summed E-state index contributed by atoms with van der Waals surface area (Å²) in [6, 6.07) is 9.48. The van der Waals surface area contributed by atoms with Crippen molar-refractivity contribution in [2.24, 2.45) is 0 Å². The second kappa shape index (κ2) is 5.59. The van der Waals surface area contributed by atoms with Gasteiger partial charge in [-0.05, 0) is 18.2 Å². The van der Waals surface area contributed by atoms with Gasteiger partial charge in [-0.3, -0.25) is 9.67 Å². The van der Waals surface area contributed by atoms with Crippen LogP contribution < -0.4 is 4.90 Å². The Balaban J connectivity index is 1.59. The molecular weight excluding hydrogens is 306 g/mol. The van der Waals surface area contributed by atoms with Crippen molar-refractivity contribution < 1.29 is 9.90 Å². The van der Waals surface area contributed by atoms with E-state index in [2.05, 4.69) is 20.0 Å². The molecule has 0 bridgehead atoms. The third-order valence-electron chi connectivity index (χ3n) is 4.69. The van der Waals surface area contributed by atoms with Crippen molar-refractivity contribution in [2.75, 3.05) is 18.0 Å². The maximum atomic E-state index is 11.9. The largest absolute Gasteiger partial charge is 0.479 e. The maximum absolute atomic E-state index is 11.9. The van der Waals surface area contributed by atoms with Crippen LogP contribution in [0.2, 0.25) is 0 Å². The van der Waals surface area contributed by atoms with Crippen molar-refractivity contribution in [2.45, 2.75) is 18.4 Å².